The first kappa shape index (κ1) is 14.7. The zero-order chi connectivity index (χ0) is 21.2. The third-order valence-electron chi connectivity index (χ3n) is 4.88. The predicted octanol–water partition coefficient (Wildman–Crippen LogP) is 3.49. The smallest absolute Gasteiger partial charge is 0.161 e. The van der Waals surface area contributed by atoms with Crippen LogP contribution in [-0.4, -0.2) is 46.9 Å². The Morgan fingerprint density at radius 2 is 1.58 bits per heavy atom. The van der Waals surface area contributed by atoms with Gasteiger partial charge >= 0.3 is 0 Å². The summed E-state index contributed by atoms with van der Waals surface area (Å²) in [7, 11) is 6.36. The van der Waals surface area contributed by atoms with Gasteiger partial charge in [-0.05, 0) is 60.8 Å². The van der Waals surface area contributed by atoms with Gasteiger partial charge in [0.2, 0.25) is 0 Å². The normalized spacial score (nSPS) is 18.9. The lowest BCUT2D eigenvalue weighted by molar-refractivity contribution is 0.227. The number of fused-ring (bicyclic) bond motifs is 1. The lowest BCUT2D eigenvalue weighted by Crippen LogP contribution is -2.33. The van der Waals surface area contributed by atoms with E-state index in [1.54, 1.807) is 33.3 Å². The molecule has 1 heterocycles. The van der Waals surface area contributed by atoms with Crippen molar-refractivity contribution in [2.24, 2.45) is 0 Å². The summed E-state index contributed by atoms with van der Waals surface area (Å²) in [5.41, 5.74) is 2.98. The molecule has 26 heavy (non-hydrogen) atoms. The second kappa shape index (κ2) is 7.87. The summed E-state index contributed by atoms with van der Waals surface area (Å²) in [6, 6.07) is 9.19. The van der Waals surface area contributed by atoms with E-state index in [0.29, 0.717) is 42.4 Å². The van der Waals surface area contributed by atoms with Gasteiger partial charge in [0.15, 0.2) is 23.0 Å². The standard InChI is InChI=1S/C21H27NO4/c1-22-9-8-15-12-20(25-4)21(26-5)13-16(15)17(22)10-14-6-7-18(23-2)19(11-14)24-3/h6-7,11-13,17H,8-10H2,1-5H3/t17-/m0/s1/i1D3. The Labute approximate surface area is 159 Å². The second-order valence-electron chi connectivity index (χ2n) is 6.26. The molecule has 0 saturated heterocycles. The van der Waals surface area contributed by atoms with E-state index in [4.69, 9.17) is 23.1 Å². The third kappa shape index (κ3) is 3.44. The molecule has 1 atom stereocenters. The van der Waals surface area contributed by atoms with Crippen LogP contribution in [-0.2, 0) is 12.8 Å². The van der Waals surface area contributed by atoms with Crippen LogP contribution < -0.4 is 18.9 Å². The van der Waals surface area contributed by atoms with Gasteiger partial charge in [-0.25, -0.2) is 0 Å². The highest BCUT2D eigenvalue weighted by Gasteiger charge is 2.27. The molecule has 0 bridgehead atoms. The topological polar surface area (TPSA) is 40.2 Å². The number of hydrogen-bond donors (Lipinski definition) is 0. The van der Waals surface area contributed by atoms with Crippen LogP contribution >= 0.6 is 0 Å². The van der Waals surface area contributed by atoms with Gasteiger partial charge in [0.05, 0.1) is 28.4 Å². The van der Waals surface area contributed by atoms with Crippen molar-refractivity contribution in [2.75, 3.05) is 42.0 Å². The van der Waals surface area contributed by atoms with Crippen molar-refractivity contribution < 1.29 is 23.1 Å². The zero-order valence-electron chi connectivity index (χ0n) is 18.7. The highest BCUT2D eigenvalue weighted by molar-refractivity contribution is 5.50. The maximum Gasteiger partial charge on any atom is 0.161 e. The van der Waals surface area contributed by atoms with Crippen LogP contribution in [0.3, 0.4) is 0 Å². The van der Waals surface area contributed by atoms with E-state index in [-0.39, 0.29) is 6.04 Å². The molecule has 2 aromatic rings. The average Bonchev–Trinajstić information content (AvgIpc) is 2.71. The minimum atomic E-state index is -2.20. The van der Waals surface area contributed by atoms with Crippen LogP contribution in [0.4, 0.5) is 0 Å². The number of benzene rings is 2. The summed E-state index contributed by atoms with van der Waals surface area (Å²) < 4.78 is 45.7. The largest absolute Gasteiger partial charge is 0.493 e. The average molecular weight is 360 g/mol. The molecule has 1 aliphatic heterocycles. The fourth-order valence-corrected chi connectivity index (χ4v) is 3.48. The van der Waals surface area contributed by atoms with Gasteiger partial charge in [-0.15, -0.1) is 0 Å². The molecule has 1 aliphatic rings. The number of ether oxygens (including phenoxy) is 4. The molecular formula is C21H27NO4. The van der Waals surface area contributed by atoms with Crippen molar-refractivity contribution in [1.29, 1.82) is 0 Å². The summed E-state index contributed by atoms with van der Waals surface area (Å²) in [4.78, 5) is 1.58. The van der Waals surface area contributed by atoms with E-state index < -0.39 is 6.98 Å². The molecule has 140 valence electrons. The van der Waals surface area contributed by atoms with E-state index in [0.717, 1.165) is 16.7 Å². The molecule has 3 rings (SSSR count). The summed E-state index contributed by atoms with van der Waals surface area (Å²) in [5, 5.41) is 0. The zero-order valence-corrected chi connectivity index (χ0v) is 15.7. The maximum atomic E-state index is 8.04. The molecule has 2 aromatic carbocycles. The molecule has 5 nitrogen and oxygen atoms in total. The van der Waals surface area contributed by atoms with Crippen molar-refractivity contribution >= 4 is 0 Å². The quantitative estimate of drug-likeness (QED) is 0.789. The predicted molar refractivity (Wildman–Crippen MR) is 102 cm³/mol. The van der Waals surface area contributed by atoms with E-state index in [1.807, 2.05) is 30.3 Å². The van der Waals surface area contributed by atoms with Crippen molar-refractivity contribution in [3.05, 3.63) is 47.0 Å². The molecule has 0 saturated carbocycles. The number of hydrogen-bond acceptors (Lipinski definition) is 5. The first-order valence-electron chi connectivity index (χ1n) is 10.0. The summed E-state index contributed by atoms with van der Waals surface area (Å²) in [6.45, 7) is -1.76. The van der Waals surface area contributed by atoms with Crippen LogP contribution in [0.25, 0.3) is 0 Å². The van der Waals surface area contributed by atoms with Gasteiger partial charge in [-0.1, -0.05) is 6.07 Å². The molecule has 0 aliphatic carbocycles. The number of methoxy groups -OCH3 is 4. The first-order chi connectivity index (χ1) is 13.8. The van der Waals surface area contributed by atoms with Gasteiger partial charge < -0.3 is 18.9 Å². The molecule has 5 heteroatoms. The monoisotopic (exact) mass is 360 g/mol. The van der Waals surface area contributed by atoms with Gasteiger partial charge in [0, 0.05) is 16.7 Å². The second-order valence-corrected chi connectivity index (χ2v) is 6.26. The lowest BCUT2D eigenvalue weighted by Gasteiger charge is -2.35. The Hall–Kier alpha value is -2.40. The van der Waals surface area contributed by atoms with Gasteiger partial charge in [0.1, 0.15) is 0 Å². The van der Waals surface area contributed by atoms with Gasteiger partial charge in [0.25, 0.3) is 0 Å². The van der Waals surface area contributed by atoms with Crippen molar-refractivity contribution in [3.8, 4) is 23.0 Å². The van der Waals surface area contributed by atoms with E-state index in [9.17, 15) is 0 Å². The lowest BCUT2D eigenvalue weighted by atomic mass is 9.88. The Morgan fingerprint density at radius 1 is 0.923 bits per heavy atom. The van der Waals surface area contributed by atoms with E-state index in [1.165, 1.54) is 0 Å². The van der Waals surface area contributed by atoms with Crippen LogP contribution in [0, 0.1) is 0 Å². The van der Waals surface area contributed by atoms with Crippen LogP contribution in [0.15, 0.2) is 30.3 Å². The SMILES string of the molecule is [2H]C([2H])([2H])N1CCc2cc(OC)c(OC)cc2[C@@H]1Cc1ccc(OC)c(OC)c1. The molecule has 0 amide bonds. The highest BCUT2D eigenvalue weighted by Crippen LogP contribution is 2.39. The Balaban J connectivity index is 2.06. The van der Waals surface area contributed by atoms with Crippen LogP contribution in [0.1, 0.15) is 26.8 Å². The molecule has 0 spiro atoms. The van der Waals surface area contributed by atoms with Crippen molar-refractivity contribution in [3.63, 3.8) is 0 Å². The van der Waals surface area contributed by atoms with E-state index in [2.05, 4.69) is 0 Å². The number of nitrogens with zero attached hydrogens (tertiary/aromatic N) is 1. The third-order valence-corrected chi connectivity index (χ3v) is 4.88. The Morgan fingerprint density at radius 3 is 2.23 bits per heavy atom. The number of rotatable bonds is 6. The van der Waals surface area contributed by atoms with Gasteiger partial charge in [-0.3, -0.25) is 4.90 Å². The molecule has 0 fully saturated rings. The maximum absolute atomic E-state index is 8.04. The van der Waals surface area contributed by atoms with Crippen LogP contribution in [0.2, 0.25) is 0 Å². The van der Waals surface area contributed by atoms with Gasteiger partial charge in [-0.2, -0.15) is 0 Å². The van der Waals surface area contributed by atoms with Crippen LogP contribution in [0.5, 0.6) is 23.0 Å². The summed E-state index contributed by atoms with van der Waals surface area (Å²) in [6.07, 6.45) is 1.15. The molecular weight excluding hydrogens is 330 g/mol. The Bertz CT molecular complexity index is 870. The fraction of sp³-hybridized carbons (Fsp3) is 0.429. The molecule has 0 aromatic heterocycles. The highest BCUT2D eigenvalue weighted by atomic mass is 16.5. The number of likely N-dealkylation sites (N-methyl/N-ethyl adjacent to an activating group) is 1. The summed E-state index contributed by atoms with van der Waals surface area (Å²) >= 11 is 0. The van der Waals surface area contributed by atoms with Crippen molar-refractivity contribution in [2.45, 2.75) is 18.9 Å². The molecule has 0 unspecified atom stereocenters. The summed E-state index contributed by atoms with van der Waals surface area (Å²) in [5.74, 6) is 2.50. The van der Waals surface area contributed by atoms with E-state index >= 15 is 0 Å². The van der Waals surface area contributed by atoms with Crippen molar-refractivity contribution in [1.82, 2.24) is 4.90 Å². The first-order valence-corrected chi connectivity index (χ1v) is 8.54. The molecule has 0 radical (unpaired) electrons. The fourth-order valence-electron chi connectivity index (χ4n) is 3.48. The minimum absolute atomic E-state index is 0.329. The minimum Gasteiger partial charge on any atom is -0.493 e. The Kier molecular flexibility index (Phi) is 4.46. The molecule has 0 N–H and O–H groups in total.